The monoisotopic (exact) mass is 332 g/mol. The molecule has 0 aliphatic rings. The van der Waals surface area contributed by atoms with Crippen molar-refractivity contribution in [1.82, 2.24) is 15.3 Å². The summed E-state index contributed by atoms with van der Waals surface area (Å²) in [4.78, 5) is 14.0. The van der Waals surface area contributed by atoms with Crippen molar-refractivity contribution in [2.75, 3.05) is 5.32 Å². The number of aromatic nitrogens is 3. The fourth-order valence-electron chi connectivity index (χ4n) is 1.85. The van der Waals surface area contributed by atoms with Crippen molar-refractivity contribution >= 4 is 22.5 Å². The summed E-state index contributed by atoms with van der Waals surface area (Å²) in [6.45, 7) is 0. The van der Waals surface area contributed by atoms with Crippen molar-refractivity contribution in [3.05, 3.63) is 45.8 Å². The number of benzene rings is 1. The highest BCUT2D eigenvalue weighted by Gasteiger charge is 2.35. The molecule has 6 nitrogen and oxygen atoms in total. The Morgan fingerprint density at radius 1 is 1.04 bits per heavy atom. The molecule has 0 fully saturated rings. The van der Waals surface area contributed by atoms with E-state index in [0.29, 0.717) is 0 Å². The van der Waals surface area contributed by atoms with Crippen molar-refractivity contribution in [3.63, 3.8) is 0 Å². The quantitative estimate of drug-likeness (QED) is 0.705. The van der Waals surface area contributed by atoms with Gasteiger partial charge in [0.25, 0.3) is 5.56 Å². The van der Waals surface area contributed by atoms with Gasteiger partial charge in [0, 0.05) is 12.1 Å². The van der Waals surface area contributed by atoms with Gasteiger partial charge in [-0.1, -0.05) is 0 Å². The van der Waals surface area contributed by atoms with Crippen molar-refractivity contribution in [2.45, 2.75) is 6.18 Å². The third kappa shape index (κ3) is 2.72. The lowest BCUT2D eigenvalue weighted by Crippen LogP contribution is -2.14. The molecule has 11 heteroatoms. The molecule has 2 N–H and O–H groups in total. The smallest absolute Gasteiger partial charge is 0.349 e. The maximum atomic E-state index is 13.7. The zero-order valence-corrected chi connectivity index (χ0v) is 10.8. The number of hydrogen-bond acceptors (Lipinski definition) is 5. The number of alkyl halides is 3. The minimum atomic E-state index is -5.01. The summed E-state index contributed by atoms with van der Waals surface area (Å²) in [6, 6.07) is 1.41. The summed E-state index contributed by atoms with van der Waals surface area (Å²) in [5, 5.41) is 8.95. The van der Waals surface area contributed by atoms with Gasteiger partial charge in [0.05, 0.1) is 11.3 Å². The van der Waals surface area contributed by atoms with Gasteiger partial charge in [0.15, 0.2) is 5.52 Å². The van der Waals surface area contributed by atoms with E-state index in [4.69, 9.17) is 0 Å². The van der Waals surface area contributed by atoms with Gasteiger partial charge in [0.2, 0.25) is 5.65 Å². The zero-order valence-electron chi connectivity index (χ0n) is 10.8. The molecule has 3 rings (SSSR count). The molecule has 0 aliphatic heterocycles. The summed E-state index contributed by atoms with van der Waals surface area (Å²) >= 11 is 0. The summed E-state index contributed by atoms with van der Waals surface area (Å²) in [5.74, 6) is -3.06. The van der Waals surface area contributed by atoms with Crippen LogP contribution in [0.4, 0.5) is 33.3 Å². The first-order valence-electron chi connectivity index (χ1n) is 5.94. The maximum Gasteiger partial charge on any atom is 0.419 e. The first kappa shape index (κ1) is 14.9. The second-order valence-electron chi connectivity index (χ2n) is 4.44. The van der Waals surface area contributed by atoms with Crippen LogP contribution in [0.1, 0.15) is 5.56 Å². The van der Waals surface area contributed by atoms with E-state index >= 15 is 0 Å². The molecule has 0 radical (unpaired) electrons. The number of anilines is 2. The van der Waals surface area contributed by atoms with Crippen LogP contribution in [-0.2, 0) is 6.18 Å². The molecule has 3 aromatic rings. The standard InChI is InChI=1S/C12H5F5N4O2/c13-5-2-6(14)7(1-4(5)12(15,16)17)18-9-3-8-10(19-11(9)22)21-23-20-8/h1-3,18H,(H,19,21,22). The van der Waals surface area contributed by atoms with Crippen molar-refractivity contribution < 1.29 is 26.6 Å². The Morgan fingerprint density at radius 3 is 2.48 bits per heavy atom. The maximum absolute atomic E-state index is 13.7. The number of halogens is 5. The second-order valence-corrected chi connectivity index (χ2v) is 4.44. The number of pyridine rings is 1. The van der Waals surface area contributed by atoms with Crippen LogP contribution in [0.15, 0.2) is 27.6 Å². The Labute approximate surface area is 122 Å². The fourth-order valence-corrected chi connectivity index (χ4v) is 1.85. The molecule has 0 amide bonds. The third-order valence-corrected chi connectivity index (χ3v) is 2.90. The molecule has 0 saturated heterocycles. The van der Waals surface area contributed by atoms with Crippen LogP contribution in [0.5, 0.6) is 0 Å². The molecule has 2 aromatic heterocycles. The summed E-state index contributed by atoms with van der Waals surface area (Å²) in [6.07, 6.45) is -5.01. The minimum absolute atomic E-state index is 0.0103. The Kier molecular flexibility index (Phi) is 3.27. The number of H-pyrrole nitrogens is 1. The molecule has 1 aromatic carbocycles. The van der Waals surface area contributed by atoms with E-state index in [1.165, 1.54) is 0 Å². The highest BCUT2D eigenvalue weighted by atomic mass is 19.4. The fraction of sp³-hybridized carbons (Fsp3) is 0.0833. The topological polar surface area (TPSA) is 83.8 Å². The van der Waals surface area contributed by atoms with Crippen molar-refractivity contribution in [3.8, 4) is 0 Å². The van der Waals surface area contributed by atoms with E-state index in [-0.39, 0.29) is 29.0 Å². The van der Waals surface area contributed by atoms with E-state index in [9.17, 15) is 26.7 Å². The lowest BCUT2D eigenvalue weighted by molar-refractivity contribution is -0.140. The van der Waals surface area contributed by atoms with Crippen LogP contribution in [0.2, 0.25) is 0 Å². The molecule has 0 unspecified atom stereocenters. The van der Waals surface area contributed by atoms with Gasteiger partial charge in [-0.3, -0.25) is 4.79 Å². The molecule has 0 saturated carbocycles. The predicted molar refractivity (Wildman–Crippen MR) is 67.1 cm³/mol. The molecule has 0 spiro atoms. The summed E-state index contributed by atoms with van der Waals surface area (Å²) in [5.41, 5.74) is -3.40. The Balaban J connectivity index is 2.08. The average molecular weight is 332 g/mol. The van der Waals surface area contributed by atoms with Gasteiger partial charge >= 0.3 is 6.18 Å². The zero-order chi connectivity index (χ0) is 16.8. The lowest BCUT2D eigenvalue weighted by Gasteiger charge is -2.12. The van der Waals surface area contributed by atoms with Gasteiger partial charge < -0.3 is 10.3 Å². The highest BCUT2D eigenvalue weighted by Crippen LogP contribution is 2.34. The molecular weight excluding hydrogens is 327 g/mol. The van der Waals surface area contributed by atoms with Crippen LogP contribution < -0.4 is 10.9 Å². The first-order valence-corrected chi connectivity index (χ1v) is 5.94. The van der Waals surface area contributed by atoms with Gasteiger partial charge in [-0.05, 0) is 16.4 Å². The SMILES string of the molecule is O=c1[nH]c2nonc2cc1Nc1cc(C(F)(F)F)c(F)cc1F. The van der Waals surface area contributed by atoms with Crippen molar-refractivity contribution in [1.29, 1.82) is 0 Å². The van der Waals surface area contributed by atoms with Crippen LogP contribution in [0, 0.1) is 11.6 Å². The highest BCUT2D eigenvalue weighted by molar-refractivity contribution is 5.75. The number of aromatic amines is 1. The van der Waals surface area contributed by atoms with E-state index in [0.717, 1.165) is 6.07 Å². The Hall–Kier alpha value is -2.98. The number of fused-ring (bicyclic) bond motifs is 1. The third-order valence-electron chi connectivity index (χ3n) is 2.90. The summed E-state index contributed by atoms with van der Waals surface area (Å²) in [7, 11) is 0. The van der Waals surface area contributed by atoms with Crippen LogP contribution >= 0.6 is 0 Å². The Bertz CT molecular complexity index is 947. The van der Waals surface area contributed by atoms with E-state index < -0.39 is 34.6 Å². The normalized spacial score (nSPS) is 11.9. The van der Waals surface area contributed by atoms with Gasteiger partial charge in [-0.2, -0.15) is 13.2 Å². The van der Waals surface area contributed by atoms with Crippen LogP contribution in [-0.4, -0.2) is 15.3 Å². The van der Waals surface area contributed by atoms with E-state index in [1.54, 1.807) is 0 Å². The number of hydrogen-bond donors (Lipinski definition) is 2. The van der Waals surface area contributed by atoms with Gasteiger partial charge in [-0.15, -0.1) is 0 Å². The van der Waals surface area contributed by atoms with Gasteiger partial charge in [0.1, 0.15) is 17.3 Å². The number of nitrogens with zero attached hydrogens (tertiary/aromatic N) is 2. The predicted octanol–water partition coefficient (Wildman–Crippen LogP) is 2.95. The molecule has 120 valence electrons. The molecule has 0 atom stereocenters. The second kappa shape index (κ2) is 5.04. The summed E-state index contributed by atoms with van der Waals surface area (Å²) < 4.78 is 69.2. The molecule has 2 heterocycles. The van der Waals surface area contributed by atoms with Gasteiger partial charge in [-0.25, -0.2) is 13.4 Å². The lowest BCUT2D eigenvalue weighted by atomic mass is 10.1. The average Bonchev–Trinajstić information content (AvgIpc) is 2.87. The molecule has 0 aliphatic carbocycles. The van der Waals surface area contributed by atoms with Crippen LogP contribution in [0.3, 0.4) is 0 Å². The molecule has 23 heavy (non-hydrogen) atoms. The largest absolute Gasteiger partial charge is 0.419 e. The molecule has 0 bridgehead atoms. The molecular formula is C12H5F5N4O2. The Morgan fingerprint density at radius 2 is 1.78 bits per heavy atom. The van der Waals surface area contributed by atoms with E-state index in [1.807, 2.05) is 0 Å². The first-order chi connectivity index (χ1) is 10.8. The number of nitrogens with one attached hydrogen (secondary N) is 2. The minimum Gasteiger partial charge on any atom is -0.349 e. The van der Waals surface area contributed by atoms with E-state index in [2.05, 4.69) is 25.2 Å². The number of rotatable bonds is 2. The van der Waals surface area contributed by atoms with Crippen molar-refractivity contribution in [2.24, 2.45) is 0 Å². The van der Waals surface area contributed by atoms with Crippen LogP contribution in [0.25, 0.3) is 11.2 Å².